The average molecular weight is 350 g/mol. The van der Waals surface area contributed by atoms with Crippen molar-refractivity contribution in [3.05, 3.63) is 46.7 Å². The molecule has 0 spiro atoms. The van der Waals surface area contributed by atoms with Crippen LogP contribution in [0.5, 0.6) is 0 Å². The van der Waals surface area contributed by atoms with E-state index in [1.165, 1.54) is 23.5 Å². The van der Waals surface area contributed by atoms with Gasteiger partial charge in [-0.15, -0.1) is 11.3 Å². The summed E-state index contributed by atoms with van der Waals surface area (Å²) in [7, 11) is -3.27. The van der Waals surface area contributed by atoms with Crippen LogP contribution in [0.1, 0.15) is 17.3 Å². The summed E-state index contributed by atoms with van der Waals surface area (Å²) < 4.78 is 23.1. The zero-order chi connectivity index (χ0) is 16.6. The number of hydrazone groups is 1. The van der Waals surface area contributed by atoms with Crippen LogP contribution in [-0.4, -0.2) is 31.5 Å². The average Bonchev–Trinajstić information content (AvgIpc) is 3.15. The molecule has 1 N–H and O–H groups in total. The van der Waals surface area contributed by atoms with Crippen LogP contribution < -0.4 is 5.01 Å². The molecule has 2 aromatic rings. The molecule has 0 fully saturated rings. The Labute approximate surface area is 137 Å². The molecular weight excluding hydrogens is 336 g/mol. The second kappa shape index (κ2) is 5.78. The van der Waals surface area contributed by atoms with E-state index in [4.69, 9.17) is 0 Å². The summed E-state index contributed by atoms with van der Waals surface area (Å²) in [5.41, 5.74) is 0.752. The van der Waals surface area contributed by atoms with Crippen molar-refractivity contribution < 1.29 is 18.3 Å². The van der Waals surface area contributed by atoms with Crippen molar-refractivity contribution >= 4 is 38.5 Å². The smallest absolute Gasteiger partial charge is 0.352 e. The van der Waals surface area contributed by atoms with Crippen LogP contribution in [0.3, 0.4) is 0 Å². The maximum absolute atomic E-state index is 11.5. The van der Waals surface area contributed by atoms with Crippen molar-refractivity contribution in [1.29, 1.82) is 0 Å². The van der Waals surface area contributed by atoms with Crippen LogP contribution in [0.25, 0.3) is 0 Å². The van der Waals surface area contributed by atoms with Crippen LogP contribution in [0, 0.1) is 0 Å². The molecule has 1 aromatic carbocycles. The number of nitrogens with zero attached hydrogens (tertiary/aromatic N) is 2. The van der Waals surface area contributed by atoms with Gasteiger partial charge in [-0.25, -0.2) is 13.2 Å². The summed E-state index contributed by atoms with van der Waals surface area (Å²) in [4.78, 5) is 12.5. The van der Waals surface area contributed by atoms with Crippen LogP contribution in [0.15, 0.2) is 51.8 Å². The van der Waals surface area contributed by atoms with Gasteiger partial charge in [0.1, 0.15) is 5.71 Å². The number of aliphatic carboxylic acids is 1. The molecule has 0 bridgehead atoms. The lowest BCUT2D eigenvalue weighted by molar-refractivity contribution is -0.129. The third-order valence-electron chi connectivity index (χ3n) is 3.56. The van der Waals surface area contributed by atoms with Gasteiger partial charge in [0, 0.05) is 17.6 Å². The lowest BCUT2D eigenvalue weighted by Gasteiger charge is -2.22. The molecular formula is C15H14N2O4S2. The predicted octanol–water partition coefficient (Wildman–Crippen LogP) is 2.54. The molecule has 6 nitrogen and oxygen atoms in total. The van der Waals surface area contributed by atoms with Crippen molar-refractivity contribution in [3.8, 4) is 0 Å². The first-order valence-corrected chi connectivity index (χ1v) is 9.57. The second-order valence-electron chi connectivity index (χ2n) is 5.20. The minimum Gasteiger partial charge on any atom is -0.477 e. The van der Waals surface area contributed by atoms with E-state index >= 15 is 0 Å². The molecule has 1 aromatic heterocycles. The SMILES string of the molecule is CS(=O)(=O)c1ccc(N2N=C(C(=O)O)CC2c2cccs2)cc1. The highest BCUT2D eigenvalue weighted by molar-refractivity contribution is 7.90. The highest BCUT2D eigenvalue weighted by atomic mass is 32.2. The number of hydrogen-bond acceptors (Lipinski definition) is 6. The second-order valence-corrected chi connectivity index (χ2v) is 8.19. The minimum atomic E-state index is -3.27. The molecule has 2 heterocycles. The number of carboxylic acids is 1. The van der Waals surface area contributed by atoms with Crippen molar-refractivity contribution in [1.82, 2.24) is 0 Å². The van der Waals surface area contributed by atoms with Gasteiger partial charge in [-0.1, -0.05) is 6.07 Å². The molecule has 0 saturated carbocycles. The summed E-state index contributed by atoms with van der Waals surface area (Å²) in [6, 6.07) is 9.95. The molecule has 8 heteroatoms. The molecule has 3 rings (SSSR count). The van der Waals surface area contributed by atoms with E-state index in [0.29, 0.717) is 12.1 Å². The summed E-state index contributed by atoms with van der Waals surface area (Å²) >= 11 is 1.54. The standard InChI is InChI=1S/C15H14N2O4S2/c1-23(20,21)11-6-4-10(5-7-11)17-13(14-3-2-8-22-14)9-12(16-17)15(18)19/h2-8,13H,9H2,1H3,(H,18,19). The first-order valence-electron chi connectivity index (χ1n) is 6.80. The van der Waals surface area contributed by atoms with E-state index in [-0.39, 0.29) is 16.6 Å². The number of hydrogen-bond donors (Lipinski definition) is 1. The Balaban J connectivity index is 1.98. The van der Waals surface area contributed by atoms with Crippen LogP contribution in [0.4, 0.5) is 5.69 Å². The third kappa shape index (κ3) is 3.13. The Bertz CT molecular complexity index is 855. The molecule has 0 aliphatic carbocycles. The molecule has 0 amide bonds. The largest absolute Gasteiger partial charge is 0.477 e. The summed E-state index contributed by atoms with van der Waals surface area (Å²) in [5.74, 6) is -1.04. The minimum absolute atomic E-state index is 0.0931. The number of carbonyl (C=O) groups is 1. The number of carboxylic acid groups (broad SMARTS) is 1. The summed E-state index contributed by atoms with van der Waals surface area (Å²) in [5, 5.41) is 17.0. The first-order chi connectivity index (χ1) is 10.9. The molecule has 1 aliphatic heterocycles. The zero-order valence-corrected chi connectivity index (χ0v) is 13.8. The van der Waals surface area contributed by atoms with Crippen molar-refractivity contribution in [2.24, 2.45) is 5.10 Å². The molecule has 1 aliphatic rings. The molecule has 1 unspecified atom stereocenters. The Kier molecular flexibility index (Phi) is 3.95. The van der Waals surface area contributed by atoms with Crippen molar-refractivity contribution in [2.45, 2.75) is 17.4 Å². The molecule has 0 radical (unpaired) electrons. The number of rotatable bonds is 4. The summed E-state index contributed by atoms with van der Waals surface area (Å²) in [6.45, 7) is 0. The van der Waals surface area contributed by atoms with Crippen molar-refractivity contribution in [2.75, 3.05) is 11.3 Å². The van der Waals surface area contributed by atoms with E-state index in [9.17, 15) is 18.3 Å². The van der Waals surface area contributed by atoms with E-state index in [1.54, 1.807) is 17.1 Å². The Hall–Kier alpha value is -2.19. The van der Waals surface area contributed by atoms with Gasteiger partial charge in [0.2, 0.25) is 0 Å². The quantitative estimate of drug-likeness (QED) is 0.915. The predicted molar refractivity (Wildman–Crippen MR) is 88.8 cm³/mol. The number of anilines is 1. The fourth-order valence-electron chi connectivity index (χ4n) is 2.43. The number of thiophene rings is 1. The first kappa shape index (κ1) is 15.7. The highest BCUT2D eigenvalue weighted by Crippen LogP contribution is 2.37. The van der Waals surface area contributed by atoms with E-state index in [1.807, 2.05) is 17.5 Å². The Morgan fingerprint density at radius 1 is 1.30 bits per heavy atom. The van der Waals surface area contributed by atoms with Gasteiger partial charge in [0.25, 0.3) is 0 Å². The van der Waals surface area contributed by atoms with Gasteiger partial charge in [-0.05, 0) is 35.7 Å². The number of benzene rings is 1. The van der Waals surface area contributed by atoms with Crippen molar-refractivity contribution in [3.63, 3.8) is 0 Å². The lowest BCUT2D eigenvalue weighted by Crippen LogP contribution is -2.17. The fourth-order valence-corrected chi connectivity index (χ4v) is 3.87. The van der Waals surface area contributed by atoms with Gasteiger partial charge in [-0.2, -0.15) is 5.10 Å². The molecule has 1 atom stereocenters. The Morgan fingerprint density at radius 3 is 2.52 bits per heavy atom. The van der Waals surface area contributed by atoms with Gasteiger partial charge < -0.3 is 5.11 Å². The Morgan fingerprint density at radius 2 is 2.00 bits per heavy atom. The van der Waals surface area contributed by atoms with E-state index in [2.05, 4.69) is 5.10 Å². The van der Waals surface area contributed by atoms with E-state index in [0.717, 1.165) is 11.1 Å². The van der Waals surface area contributed by atoms with Crippen LogP contribution >= 0.6 is 11.3 Å². The van der Waals surface area contributed by atoms with Crippen LogP contribution in [-0.2, 0) is 14.6 Å². The maximum atomic E-state index is 11.5. The van der Waals surface area contributed by atoms with Gasteiger partial charge in [0.15, 0.2) is 9.84 Å². The topological polar surface area (TPSA) is 87.0 Å². The van der Waals surface area contributed by atoms with Gasteiger partial charge in [0.05, 0.1) is 16.6 Å². The van der Waals surface area contributed by atoms with Gasteiger partial charge >= 0.3 is 5.97 Å². The molecule has 23 heavy (non-hydrogen) atoms. The zero-order valence-electron chi connectivity index (χ0n) is 12.2. The molecule has 0 saturated heterocycles. The lowest BCUT2D eigenvalue weighted by atomic mass is 10.1. The summed E-state index contributed by atoms with van der Waals surface area (Å²) in [6.07, 6.45) is 1.46. The van der Waals surface area contributed by atoms with Gasteiger partial charge in [-0.3, -0.25) is 5.01 Å². The monoisotopic (exact) mass is 350 g/mol. The third-order valence-corrected chi connectivity index (χ3v) is 5.66. The fraction of sp³-hybridized carbons (Fsp3) is 0.200. The normalized spacial score (nSPS) is 18.0. The maximum Gasteiger partial charge on any atom is 0.352 e. The van der Waals surface area contributed by atoms with Crippen LogP contribution in [0.2, 0.25) is 0 Å². The highest BCUT2D eigenvalue weighted by Gasteiger charge is 2.33. The molecule has 120 valence electrons. The number of sulfone groups is 1. The van der Waals surface area contributed by atoms with E-state index < -0.39 is 15.8 Å².